The molecule has 0 N–H and O–H groups in total. The van der Waals surface area contributed by atoms with Gasteiger partial charge < -0.3 is 14.2 Å². The number of fused-ring (bicyclic) bond motifs is 2. The number of hydrogen-bond donors (Lipinski definition) is 0. The van der Waals surface area contributed by atoms with Crippen molar-refractivity contribution < 1.29 is 23.4 Å². The summed E-state index contributed by atoms with van der Waals surface area (Å²) in [6, 6.07) is 17.1. The van der Waals surface area contributed by atoms with Crippen molar-refractivity contribution in [3.63, 3.8) is 0 Å². The van der Waals surface area contributed by atoms with Crippen LogP contribution in [0.15, 0.2) is 66.9 Å². The van der Waals surface area contributed by atoms with E-state index in [1.54, 1.807) is 49.3 Å². The van der Waals surface area contributed by atoms with E-state index in [4.69, 9.17) is 14.2 Å². The summed E-state index contributed by atoms with van der Waals surface area (Å²) in [7, 11) is 4.87. The number of para-hydroxylation sites is 1. The number of carbonyl (C=O) groups is 1. The highest BCUT2D eigenvalue weighted by atomic mass is 19.1. The van der Waals surface area contributed by atoms with Crippen molar-refractivity contribution in [1.82, 2.24) is 14.8 Å². The van der Waals surface area contributed by atoms with E-state index in [9.17, 15) is 9.18 Å². The van der Waals surface area contributed by atoms with Crippen LogP contribution in [0.3, 0.4) is 0 Å². The number of ketones is 1. The highest BCUT2D eigenvalue weighted by Gasteiger charge is 2.18. The van der Waals surface area contributed by atoms with Gasteiger partial charge in [-0.25, -0.2) is 4.39 Å². The third kappa shape index (κ3) is 4.14. The predicted molar refractivity (Wildman–Crippen MR) is 130 cm³/mol. The second kappa shape index (κ2) is 9.06. The van der Waals surface area contributed by atoms with Crippen molar-refractivity contribution >= 4 is 27.6 Å². The van der Waals surface area contributed by atoms with Gasteiger partial charge in [-0.1, -0.05) is 24.3 Å². The van der Waals surface area contributed by atoms with Crippen molar-refractivity contribution in [2.45, 2.75) is 6.42 Å². The molecule has 5 aromatic rings. The number of rotatable bonds is 7. The first kappa shape index (κ1) is 22.3. The van der Waals surface area contributed by atoms with Crippen molar-refractivity contribution in [3.05, 3.63) is 83.9 Å². The van der Waals surface area contributed by atoms with Gasteiger partial charge in [0.25, 0.3) is 0 Å². The molecular formula is C27H22FN3O4. The molecule has 0 aliphatic heterocycles. The molecule has 8 heteroatoms. The van der Waals surface area contributed by atoms with E-state index in [-0.39, 0.29) is 18.0 Å². The summed E-state index contributed by atoms with van der Waals surface area (Å²) >= 11 is 0. The number of carbonyl (C=O) groups excluding carboxylic acids is 1. The third-order valence-corrected chi connectivity index (χ3v) is 5.81. The number of methoxy groups -OCH3 is 2. The van der Waals surface area contributed by atoms with Crippen LogP contribution in [0.2, 0.25) is 0 Å². The van der Waals surface area contributed by atoms with E-state index in [1.807, 2.05) is 24.3 Å². The van der Waals surface area contributed by atoms with Crippen LogP contribution >= 0.6 is 0 Å². The standard InChI is InChI=1S/C27H22FN3O4/c1-31-21-7-5-4-6-17(21)27(30-31)22(32)13-16-8-9-24(19(28)12-16)35-23-10-11-29-20-15-26(34-3)25(33-2)14-18(20)23/h4-12,14-15H,13H2,1-3H3. The maximum atomic E-state index is 15.0. The Morgan fingerprint density at radius 1 is 0.914 bits per heavy atom. The molecule has 0 aliphatic rings. The van der Waals surface area contributed by atoms with Crippen LogP contribution in [0.4, 0.5) is 4.39 Å². The van der Waals surface area contributed by atoms with Gasteiger partial charge in [0, 0.05) is 36.5 Å². The number of aryl methyl sites for hydroxylation is 1. The van der Waals surface area contributed by atoms with Crippen molar-refractivity contribution in [3.8, 4) is 23.0 Å². The zero-order chi connectivity index (χ0) is 24.5. The number of aromatic nitrogens is 3. The summed E-state index contributed by atoms with van der Waals surface area (Å²) in [5, 5.41) is 5.78. The van der Waals surface area contributed by atoms with Gasteiger partial charge in [0.1, 0.15) is 11.4 Å². The minimum Gasteiger partial charge on any atom is -0.493 e. The van der Waals surface area contributed by atoms with Gasteiger partial charge in [-0.2, -0.15) is 5.10 Å². The Balaban J connectivity index is 1.41. The molecule has 0 spiro atoms. The second-order valence-corrected chi connectivity index (χ2v) is 7.99. The molecule has 2 aromatic heterocycles. The monoisotopic (exact) mass is 471 g/mol. The lowest BCUT2D eigenvalue weighted by Crippen LogP contribution is -2.06. The Bertz CT molecular complexity index is 1580. The van der Waals surface area contributed by atoms with Crippen molar-refractivity contribution in [2.75, 3.05) is 14.2 Å². The average molecular weight is 471 g/mol. The Morgan fingerprint density at radius 2 is 1.69 bits per heavy atom. The van der Waals surface area contributed by atoms with Crippen LogP contribution in [0.5, 0.6) is 23.0 Å². The Kier molecular flexibility index (Phi) is 5.78. The molecule has 3 aromatic carbocycles. The molecule has 0 atom stereocenters. The van der Waals surface area contributed by atoms with Gasteiger partial charge in [0.2, 0.25) is 0 Å². The molecule has 35 heavy (non-hydrogen) atoms. The van der Waals surface area contributed by atoms with E-state index in [2.05, 4.69) is 10.1 Å². The van der Waals surface area contributed by atoms with Crippen molar-refractivity contribution in [2.24, 2.45) is 7.05 Å². The van der Waals surface area contributed by atoms with E-state index in [0.717, 1.165) is 10.9 Å². The summed E-state index contributed by atoms with van der Waals surface area (Å²) in [4.78, 5) is 17.3. The van der Waals surface area contributed by atoms with Crippen LogP contribution in [-0.4, -0.2) is 34.8 Å². The van der Waals surface area contributed by atoms with E-state index in [0.29, 0.717) is 39.4 Å². The first-order valence-corrected chi connectivity index (χ1v) is 10.9. The zero-order valence-electron chi connectivity index (χ0n) is 19.4. The minimum absolute atomic E-state index is 0.0212. The number of pyridine rings is 1. The maximum absolute atomic E-state index is 15.0. The highest BCUT2D eigenvalue weighted by Crippen LogP contribution is 2.37. The number of benzene rings is 3. The van der Waals surface area contributed by atoms with Gasteiger partial charge in [-0.3, -0.25) is 14.5 Å². The molecule has 5 rings (SSSR count). The molecule has 0 radical (unpaired) electrons. The van der Waals surface area contributed by atoms with E-state index in [1.165, 1.54) is 19.2 Å². The lowest BCUT2D eigenvalue weighted by molar-refractivity contribution is 0.0989. The van der Waals surface area contributed by atoms with E-state index < -0.39 is 5.82 Å². The van der Waals surface area contributed by atoms with Gasteiger partial charge in [0.05, 0.1) is 25.3 Å². The fourth-order valence-electron chi connectivity index (χ4n) is 4.08. The number of ether oxygens (including phenoxy) is 3. The summed E-state index contributed by atoms with van der Waals surface area (Å²) in [5.41, 5.74) is 2.38. The van der Waals surface area contributed by atoms with Crippen LogP contribution in [0.1, 0.15) is 16.1 Å². The molecule has 0 fully saturated rings. The lowest BCUT2D eigenvalue weighted by atomic mass is 10.0. The maximum Gasteiger partial charge on any atom is 0.188 e. The van der Waals surface area contributed by atoms with Crippen LogP contribution in [0.25, 0.3) is 21.8 Å². The Labute approximate surface area is 200 Å². The summed E-state index contributed by atoms with van der Waals surface area (Å²) < 4.78 is 33.2. The fraction of sp³-hybridized carbons (Fsp3) is 0.148. The molecule has 176 valence electrons. The second-order valence-electron chi connectivity index (χ2n) is 7.99. The summed E-state index contributed by atoms with van der Waals surface area (Å²) in [6.07, 6.45) is 1.60. The van der Waals surface area contributed by atoms with Crippen LogP contribution in [0, 0.1) is 5.82 Å². The topological polar surface area (TPSA) is 75.5 Å². The first-order chi connectivity index (χ1) is 17.0. The normalized spacial score (nSPS) is 11.1. The number of Topliss-reactive ketones (excluding diaryl/α,β-unsaturated/α-hetero) is 1. The smallest absolute Gasteiger partial charge is 0.188 e. The molecule has 7 nitrogen and oxygen atoms in total. The van der Waals surface area contributed by atoms with Gasteiger partial charge in [-0.05, 0) is 35.9 Å². The number of hydrogen-bond acceptors (Lipinski definition) is 6. The minimum atomic E-state index is -0.577. The van der Waals surface area contributed by atoms with Crippen molar-refractivity contribution in [1.29, 1.82) is 0 Å². The average Bonchev–Trinajstić information content (AvgIpc) is 3.21. The van der Waals surface area contributed by atoms with Gasteiger partial charge >= 0.3 is 0 Å². The SMILES string of the molecule is COc1cc2nccc(Oc3ccc(CC(=O)c4nn(C)c5ccccc45)cc3F)c2cc1OC. The summed E-state index contributed by atoms with van der Waals surface area (Å²) in [5.74, 6) is 0.729. The molecule has 0 unspecified atom stereocenters. The molecule has 0 aliphatic carbocycles. The Hall–Kier alpha value is -4.46. The Morgan fingerprint density at radius 3 is 2.46 bits per heavy atom. The molecular weight excluding hydrogens is 449 g/mol. The van der Waals surface area contributed by atoms with Crippen LogP contribution < -0.4 is 14.2 Å². The quantitative estimate of drug-likeness (QED) is 0.292. The zero-order valence-corrected chi connectivity index (χ0v) is 19.4. The highest BCUT2D eigenvalue weighted by molar-refractivity contribution is 6.06. The predicted octanol–water partition coefficient (Wildman–Crippen LogP) is 5.50. The molecule has 0 amide bonds. The lowest BCUT2D eigenvalue weighted by Gasteiger charge is -2.13. The third-order valence-electron chi connectivity index (χ3n) is 5.81. The first-order valence-electron chi connectivity index (χ1n) is 10.9. The molecule has 0 saturated heterocycles. The van der Waals surface area contributed by atoms with Gasteiger partial charge in [-0.15, -0.1) is 0 Å². The molecule has 0 saturated carbocycles. The van der Waals surface area contributed by atoms with Crippen LogP contribution in [-0.2, 0) is 13.5 Å². The number of nitrogens with zero attached hydrogens (tertiary/aromatic N) is 3. The number of halogens is 1. The van der Waals surface area contributed by atoms with E-state index >= 15 is 0 Å². The summed E-state index contributed by atoms with van der Waals surface area (Å²) in [6.45, 7) is 0. The largest absolute Gasteiger partial charge is 0.493 e. The fourth-order valence-corrected chi connectivity index (χ4v) is 4.08. The molecule has 2 heterocycles. The van der Waals surface area contributed by atoms with Gasteiger partial charge in [0.15, 0.2) is 28.8 Å². The molecule has 0 bridgehead atoms.